The normalized spacial score (nSPS) is 21.7. The largest absolute Gasteiger partial charge is 0.297 e. The first kappa shape index (κ1) is 12.4. The number of thiocarbonyl (C=S) groups is 1. The van der Waals surface area contributed by atoms with Gasteiger partial charge in [-0.05, 0) is 36.8 Å². The smallest absolute Gasteiger partial charge is 0.270 e. The molecule has 2 N–H and O–H groups in total. The number of hydrazine groups is 1. The maximum absolute atomic E-state index is 12.4. The predicted molar refractivity (Wildman–Crippen MR) is 77.3 cm³/mol. The molecule has 19 heavy (non-hydrogen) atoms. The fraction of sp³-hybridized carbons (Fsp3) is 0.167. The molecule has 1 saturated heterocycles. The lowest BCUT2D eigenvalue weighted by Crippen LogP contribution is -2.51. The highest BCUT2D eigenvalue weighted by atomic mass is 35.5. The van der Waals surface area contributed by atoms with Crippen molar-refractivity contribution in [1.82, 2.24) is 15.8 Å². The maximum Gasteiger partial charge on any atom is 0.270 e. The second-order valence-electron chi connectivity index (χ2n) is 4.27. The van der Waals surface area contributed by atoms with Gasteiger partial charge in [-0.25, -0.2) is 5.43 Å². The quantitative estimate of drug-likeness (QED) is 0.769. The van der Waals surface area contributed by atoms with Crippen molar-refractivity contribution in [1.29, 1.82) is 0 Å². The molecule has 1 amide bonds. The summed E-state index contributed by atoms with van der Waals surface area (Å²) in [5.74, 6) is -0.111. The summed E-state index contributed by atoms with van der Waals surface area (Å²) in [6, 6.07) is 5.48. The summed E-state index contributed by atoms with van der Waals surface area (Å²) in [6.07, 6.45) is 2.94. The summed E-state index contributed by atoms with van der Waals surface area (Å²) in [4.78, 5) is 15.7. The topological polar surface area (TPSA) is 47.6 Å². The summed E-state index contributed by atoms with van der Waals surface area (Å²) in [5, 5.41) is 1.12. The van der Waals surface area contributed by atoms with E-state index in [1.807, 2.05) is 19.1 Å². The minimum atomic E-state index is -0.518. The van der Waals surface area contributed by atoms with Gasteiger partial charge >= 0.3 is 0 Å². The third kappa shape index (κ3) is 1.88. The molecule has 2 heterocycles. The molecule has 0 aromatic heterocycles. The molecule has 2 aliphatic rings. The number of hydrogen-bond donors (Lipinski definition) is 2. The number of halogens is 1. The number of anilines is 1. The average molecular weight is 295 g/mol. The number of rotatable bonds is 1. The van der Waals surface area contributed by atoms with Crippen LogP contribution in [-0.2, 0) is 4.79 Å². The molecule has 1 aromatic rings. The standard InChI is InChI=1S/C12H11ClN4OS/c1-7-8(13)3-2-4-9(7)16-5-6-17-10(11(16)18)14-15-12(17)19/h2-6,10,14H,1H3,(H,15,19). The van der Waals surface area contributed by atoms with Crippen LogP contribution in [-0.4, -0.2) is 22.1 Å². The SMILES string of the molecule is Cc1c(Cl)cccc1N1C=CN2C(=S)NNC2C1=O. The van der Waals surface area contributed by atoms with E-state index in [0.29, 0.717) is 10.1 Å². The van der Waals surface area contributed by atoms with E-state index in [1.54, 1.807) is 28.3 Å². The highest BCUT2D eigenvalue weighted by molar-refractivity contribution is 7.80. The van der Waals surface area contributed by atoms with Crippen molar-refractivity contribution in [3.63, 3.8) is 0 Å². The minimum Gasteiger partial charge on any atom is -0.297 e. The second-order valence-corrected chi connectivity index (χ2v) is 5.07. The maximum atomic E-state index is 12.4. The summed E-state index contributed by atoms with van der Waals surface area (Å²) >= 11 is 11.2. The Bertz CT molecular complexity index is 603. The zero-order valence-electron chi connectivity index (χ0n) is 10.1. The van der Waals surface area contributed by atoms with Crippen LogP contribution in [0.1, 0.15) is 5.56 Å². The summed E-state index contributed by atoms with van der Waals surface area (Å²) in [5.41, 5.74) is 7.26. The van der Waals surface area contributed by atoms with Crippen LogP contribution in [0.25, 0.3) is 0 Å². The van der Waals surface area contributed by atoms with Crippen LogP contribution in [0.3, 0.4) is 0 Å². The molecule has 7 heteroatoms. The van der Waals surface area contributed by atoms with Crippen molar-refractivity contribution < 1.29 is 4.79 Å². The molecule has 1 unspecified atom stereocenters. The molecule has 1 atom stereocenters. The minimum absolute atomic E-state index is 0.111. The van der Waals surface area contributed by atoms with Gasteiger partial charge in [-0.15, -0.1) is 0 Å². The van der Waals surface area contributed by atoms with Gasteiger partial charge < -0.3 is 0 Å². The zero-order valence-corrected chi connectivity index (χ0v) is 11.6. The van der Waals surface area contributed by atoms with Crippen molar-refractivity contribution in [2.24, 2.45) is 0 Å². The van der Waals surface area contributed by atoms with Crippen LogP contribution >= 0.6 is 23.8 Å². The molecule has 0 bridgehead atoms. The van der Waals surface area contributed by atoms with E-state index in [9.17, 15) is 4.79 Å². The van der Waals surface area contributed by atoms with Crippen LogP contribution in [0, 0.1) is 6.92 Å². The molecule has 0 saturated carbocycles. The van der Waals surface area contributed by atoms with E-state index in [0.717, 1.165) is 11.3 Å². The van der Waals surface area contributed by atoms with Crippen LogP contribution < -0.4 is 15.8 Å². The number of fused-ring (bicyclic) bond motifs is 1. The first-order valence-electron chi connectivity index (χ1n) is 5.70. The number of nitrogens with zero attached hydrogens (tertiary/aromatic N) is 2. The molecule has 5 nitrogen and oxygen atoms in total. The van der Waals surface area contributed by atoms with Crippen LogP contribution in [0.4, 0.5) is 5.69 Å². The molecular formula is C12H11ClN4OS. The van der Waals surface area contributed by atoms with Crippen LogP contribution in [0.15, 0.2) is 30.6 Å². The van der Waals surface area contributed by atoms with Gasteiger partial charge in [-0.1, -0.05) is 17.7 Å². The van der Waals surface area contributed by atoms with E-state index >= 15 is 0 Å². The van der Waals surface area contributed by atoms with Crippen molar-refractivity contribution in [3.05, 3.63) is 41.2 Å². The summed E-state index contributed by atoms with van der Waals surface area (Å²) in [7, 11) is 0. The predicted octanol–water partition coefficient (Wildman–Crippen LogP) is 1.49. The molecule has 3 rings (SSSR count). The van der Waals surface area contributed by atoms with E-state index in [1.165, 1.54) is 0 Å². The third-order valence-corrected chi connectivity index (χ3v) is 3.90. The van der Waals surface area contributed by atoms with Crippen LogP contribution in [0.2, 0.25) is 5.02 Å². The molecule has 0 spiro atoms. The zero-order chi connectivity index (χ0) is 13.6. The van der Waals surface area contributed by atoms with Crippen molar-refractivity contribution in [3.8, 4) is 0 Å². The summed E-state index contributed by atoms with van der Waals surface area (Å²) in [6.45, 7) is 1.89. The fourth-order valence-corrected chi connectivity index (χ4v) is 2.51. The van der Waals surface area contributed by atoms with E-state index in [4.69, 9.17) is 23.8 Å². The molecule has 0 radical (unpaired) electrons. The van der Waals surface area contributed by atoms with Gasteiger partial charge in [0.1, 0.15) is 0 Å². The van der Waals surface area contributed by atoms with Crippen molar-refractivity contribution in [2.75, 3.05) is 4.90 Å². The Morgan fingerprint density at radius 2 is 2.16 bits per heavy atom. The Balaban J connectivity index is 2.01. The average Bonchev–Trinajstić information content (AvgIpc) is 2.77. The molecule has 2 aliphatic heterocycles. The highest BCUT2D eigenvalue weighted by Gasteiger charge is 2.38. The third-order valence-electron chi connectivity index (χ3n) is 3.17. The van der Waals surface area contributed by atoms with Crippen molar-refractivity contribution in [2.45, 2.75) is 13.1 Å². The Labute approximate surface area is 120 Å². The molecule has 1 fully saturated rings. The van der Waals surface area contributed by atoms with E-state index < -0.39 is 6.17 Å². The lowest BCUT2D eigenvalue weighted by molar-refractivity contribution is -0.122. The number of carbonyl (C=O) groups excluding carboxylic acids is 1. The van der Waals surface area contributed by atoms with Gasteiger partial charge in [0.05, 0.1) is 5.69 Å². The lowest BCUT2D eigenvalue weighted by Gasteiger charge is -2.31. The Hall–Kier alpha value is -1.63. The van der Waals surface area contributed by atoms with Gasteiger partial charge in [0.2, 0.25) is 0 Å². The lowest BCUT2D eigenvalue weighted by atomic mass is 10.1. The van der Waals surface area contributed by atoms with Crippen molar-refractivity contribution >= 4 is 40.5 Å². The number of amides is 1. The van der Waals surface area contributed by atoms with Gasteiger partial charge in [0, 0.05) is 17.4 Å². The molecule has 0 aliphatic carbocycles. The Kier molecular flexibility index (Phi) is 2.93. The number of hydrogen-bond acceptors (Lipinski definition) is 3. The highest BCUT2D eigenvalue weighted by Crippen LogP contribution is 2.29. The molecule has 98 valence electrons. The number of nitrogens with one attached hydrogen (secondary N) is 2. The number of carbonyl (C=O) groups is 1. The second kappa shape index (κ2) is 4.48. The van der Waals surface area contributed by atoms with E-state index in [-0.39, 0.29) is 5.91 Å². The molecule has 1 aromatic carbocycles. The Morgan fingerprint density at radius 1 is 1.37 bits per heavy atom. The van der Waals surface area contributed by atoms with E-state index in [2.05, 4.69) is 10.9 Å². The van der Waals surface area contributed by atoms with Gasteiger partial charge in [-0.2, -0.15) is 0 Å². The van der Waals surface area contributed by atoms with Gasteiger partial charge in [0.15, 0.2) is 11.3 Å². The number of benzene rings is 1. The van der Waals surface area contributed by atoms with Crippen LogP contribution in [0.5, 0.6) is 0 Å². The first-order valence-corrected chi connectivity index (χ1v) is 6.48. The fourth-order valence-electron chi connectivity index (χ4n) is 2.12. The summed E-state index contributed by atoms with van der Waals surface area (Å²) < 4.78 is 0. The van der Waals surface area contributed by atoms with Gasteiger partial charge in [-0.3, -0.25) is 20.0 Å². The Morgan fingerprint density at radius 3 is 2.95 bits per heavy atom. The van der Waals surface area contributed by atoms with Gasteiger partial charge in [0.25, 0.3) is 5.91 Å². The first-order chi connectivity index (χ1) is 9.09. The molecular weight excluding hydrogens is 284 g/mol. The monoisotopic (exact) mass is 294 g/mol.